The molecule has 0 saturated heterocycles. The quantitative estimate of drug-likeness (QED) is 0.0758. The van der Waals surface area contributed by atoms with E-state index in [1.807, 2.05) is 0 Å². The summed E-state index contributed by atoms with van der Waals surface area (Å²) in [5.41, 5.74) is 3.75. The minimum atomic E-state index is -4.45. The van der Waals surface area contributed by atoms with Gasteiger partial charge in [-0.1, -0.05) is 41.4 Å². The Hall–Kier alpha value is -4.99. The van der Waals surface area contributed by atoms with Crippen molar-refractivity contribution in [2.75, 3.05) is 36.2 Å². The average Bonchev–Trinajstić information content (AvgIpc) is 3.42. The first-order chi connectivity index (χ1) is 28.3. The number of rotatable bonds is 14. The van der Waals surface area contributed by atoms with Crippen molar-refractivity contribution in [2.24, 2.45) is 5.73 Å². The van der Waals surface area contributed by atoms with E-state index in [4.69, 9.17) is 43.7 Å². The number of aryl methyl sites for hydroxylation is 3. The third-order valence-electron chi connectivity index (χ3n) is 7.21. The Morgan fingerprint density at radius 3 is 2.18 bits per heavy atom. The lowest BCUT2D eigenvalue weighted by Gasteiger charge is -2.13. The monoisotopic (exact) mass is 986 g/mol. The molecule has 4 rings (SSSR count). The molecule has 0 bridgehead atoms. The molecule has 0 saturated carbocycles. The highest BCUT2D eigenvalue weighted by Crippen LogP contribution is 2.36. The maximum Gasteiger partial charge on any atom is 0.389 e. The Kier molecular flexibility index (Phi) is 18.8. The summed E-state index contributed by atoms with van der Waals surface area (Å²) < 4.78 is 131. The highest BCUT2D eigenvalue weighted by Gasteiger charge is 2.29. The van der Waals surface area contributed by atoms with E-state index in [-0.39, 0.29) is 67.7 Å². The third kappa shape index (κ3) is 17.4. The van der Waals surface area contributed by atoms with Crippen molar-refractivity contribution in [2.45, 2.75) is 56.8 Å². The van der Waals surface area contributed by atoms with Gasteiger partial charge in [-0.2, -0.15) is 41.6 Å². The number of urea groups is 1. The number of carbonyl (C=O) groups is 2. The molecular formula is C31H38Cl2F5N10O11PS2. The van der Waals surface area contributed by atoms with Crippen LogP contribution in [0.2, 0.25) is 10.0 Å². The number of aliphatic carboxylic acids is 1. The number of benzene rings is 2. The standard InChI is InChI=1S/C15H16F3N5O4S.C11H10Cl2F2N4O3S.C5H12NO4P/c1-9-19-12(22-14(20-9)27-2)21-13(24)23-28(25,26)11-6-4-3-5-10(11)7-8-15(16,17)18;1-5-16-19(11(20)18(5)10(14)15)9-4-8(17-23(2,21)22)6(12)3-7(9)13;1-11(9,10)3-2-4(6)5(7)8/h3-6H,7-8H2,1-2H3,(H2,19,20,21,22,23,24);3-4,10,17H,1-2H3;4H,2-3,6H2,1H3,(H,7,8)(H,9,10). The molecule has 0 spiro atoms. The number of nitrogens with one attached hydrogen (secondary N) is 3. The van der Waals surface area contributed by atoms with Crippen LogP contribution >= 0.6 is 30.6 Å². The number of aromatic nitrogens is 6. The second kappa shape index (κ2) is 21.9. The maximum atomic E-state index is 12.8. The fraction of sp³-hybridized carbons (Fsp3) is 0.387. The molecule has 0 aliphatic heterocycles. The first-order valence-corrected chi connectivity index (χ1v) is 23.2. The molecule has 7 N–H and O–H groups in total. The summed E-state index contributed by atoms with van der Waals surface area (Å²) in [6, 6.07) is 5.09. The number of sulfonamides is 2. The lowest BCUT2D eigenvalue weighted by Crippen LogP contribution is -2.35. The van der Waals surface area contributed by atoms with Crippen LogP contribution in [0.15, 0.2) is 46.1 Å². The number of hydrogen-bond donors (Lipinski definition) is 6. The van der Waals surface area contributed by atoms with Crippen molar-refractivity contribution >= 4 is 74.3 Å². The van der Waals surface area contributed by atoms with E-state index < -0.39 is 81.6 Å². The molecule has 2 amide bonds. The first-order valence-electron chi connectivity index (χ1n) is 16.8. The van der Waals surface area contributed by atoms with Crippen molar-refractivity contribution in [3.63, 3.8) is 0 Å². The molecule has 2 heterocycles. The van der Waals surface area contributed by atoms with Gasteiger partial charge >= 0.3 is 36.4 Å². The van der Waals surface area contributed by atoms with E-state index in [1.165, 1.54) is 51.9 Å². The smallest absolute Gasteiger partial charge is 0.389 e. The first kappa shape index (κ1) is 53.1. The van der Waals surface area contributed by atoms with Crippen LogP contribution in [0.25, 0.3) is 5.69 Å². The number of ether oxygens (including phenoxy) is 1. The van der Waals surface area contributed by atoms with E-state index in [0.29, 0.717) is 4.68 Å². The Labute approximate surface area is 359 Å². The molecule has 2 aromatic carbocycles. The molecule has 0 fully saturated rings. The molecular weight excluding hydrogens is 949 g/mol. The second-order valence-electron chi connectivity index (χ2n) is 12.5. The number of carboxylic acids is 1. The molecule has 4 aromatic rings. The van der Waals surface area contributed by atoms with Crippen LogP contribution in [-0.4, -0.2) is 107 Å². The number of methoxy groups -OCH3 is 1. The summed E-state index contributed by atoms with van der Waals surface area (Å²) >= 11 is 11.8. The zero-order valence-electron chi connectivity index (χ0n) is 32.7. The van der Waals surface area contributed by atoms with Crippen LogP contribution in [0.5, 0.6) is 6.01 Å². The van der Waals surface area contributed by atoms with E-state index in [1.54, 1.807) is 4.72 Å². The minimum absolute atomic E-state index is 0.0257. The summed E-state index contributed by atoms with van der Waals surface area (Å²) in [6.07, 6.45) is -5.29. The molecule has 62 heavy (non-hydrogen) atoms. The highest BCUT2D eigenvalue weighted by molar-refractivity contribution is 7.92. The SMILES string of the molecule is COc1nc(C)nc(NC(=O)NS(=O)(=O)c2ccccc2CCC(F)(F)F)n1.CP(=O)(O)CCC(N)C(=O)O.Cc1nn(-c2cc(NS(C)(=O)=O)c(Cl)cc2Cl)c(=O)n1C(F)F. The Morgan fingerprint density at radius 1 is 1.05 bits per heavy atom. The van der Waals surface area contributed by atoms with Crippen LogP contribution in [-0.2, 0) is 35.8 Å². The number of amides is 2. The van der Waals surface area contributed by atoms with Crippen molar-refractivity contribution in [3.8, 4) is 11.7 Å². The Morgan fingerprint density at radius 2 is 1.66 bits per heavy atom. The molecule has 31 heteroatoms. The molecule has 0 aliphatic carbocycles. The van der Waals surface area contributed by atoms with Gasteiger partial charge < -0.3 is 20.5 Å². The zero-order valence-corrected chi connectivity index (χ0v) is 36.7. The number of hydrogen-bond acceptors (Lipinski definition) is 14. The number of alkyl halides is 5. The second-order valence-corrected chi connectivity index (χ2v) is 19.3. The van der Waals surface area contributed by atoms with Crippen LogP contribution in [0.4, 0.5) is 38.4 Å². The van der Waals surface area contributed by atoms with E-state index in [2.05, 4.69) is 30.1 Å². The van der Waals surface area contributed by atoms with Gasteiger partial charge in [0, 0.05) is 19.2 Å². The van der Waals surface area contributed by atoms with Gasteiger partial charge in [-0.3, -0.25) is 19.4 Å². The van der Waals surface area contributed by atoms with Gasteiger partial charge in [-0.05, 0) is 50.5 Å². The van der Waals surface area contributed by atoms with E-state index >= 15 is 0 Å². The zero-order chi connectivity index (χ0) is 47.5. The molecule has 0 radical (unpaired) electrons. The Bertz CT molecular complexity index is 2580. The molecule has 2 atom stereocenters. The summed E-state index contributed by atoms with van der Waals surface area (Å²) in [5, 5.41) is 14.0. The van der Waals surface area contributed by atoms with Gasteiger partial charge in [-0.15, -0.1) is 5.10 Å². The molecule has 344 valence electrons. The molecule has 2 unspecified atom stereocenters. The fourth-order valence-corrected chi connectivity index (χ4v) is 7.57. The summed E-state index contributed by atoms with van der Waals surface area (Å²) in [6.45, 7) is 0.836. The number of nitrogens with zero attached hydrogens (tertiary/aromatic N) is 6. The molecule has 0 aliphatic rings. The predicted molar refractivity (Wildman–Crippen MR) is 214 cm³/mol. The topological polar surface area (TPSA) is 310 Å². The number of nitrogens with two attached hydrogens (primary N) is 1. The normalized spacial score (nSPS) is 13.1. The van der Waals surface area contributed by atoms with Gasteiger partial charge in [0.15, 0.2) is 7.37 Å². The van der Waals surface area contributed by atoms with Crippen LogP contribution in [0.3, 0.4) is 0 Å². The van der Waals surface area contributed by atoms with Crippen molar-refractivity contribution in [1.29, 1.82) is 0 Å². The summed E-state index contributed by atoms with van der Waals surface area (Å²) in [7, 11) is -9.89. The lowest BCUT2D eigenvalue weighted by molar-refractivity contribution is -0.138. The van der Waals surface area contributed by atoms with Gasteiger partial charge in [0.05, 0.1) is 39.7 Å². The van der Waals surface area contributed by atoms with Crippen LogP contribution in [0, 0.1) is 13.8 Å². The van der Waals surface area contributed by atoms with Crippen molar-refractivity contribution in [3.05, 3.63) is 74.1 Å². The summed E-state index contributed by atoms with van der Waals surface area (Å²) in [5.74, 6) is -1.42. The van der Waals surface area contributed by atoms with Gasteiger partial charge in [0.25, 0.3) is 10.0 Å². The van der Waals surface area contributed by atoms with E-state index in [0.717, 1.165) is 18.4 Å². The van der Waals surface area contributed by atoms with E-state index in [9.17, 15) is 57.7 Å². The predicted octanol–water partition coefficient (Wildman–Crippen LogP) is 4.30. The molecule has 21 nitrogen and oxygen atoms in total. The number of carbonyl (C=O) groups excluding carboxylic acids is 1. The lowest BCUT2D eigenvalue weighted by atomic mass is 10.1. The minimum Gasteiger partial charge on any atom is -0.480 e. The average molecular weight is 988 g/mol. The van der Waals surface area contributed by atoms with Gasteiger partial charge in [-0.25, -0.2) is 35.7 Å². The third-order valence-corrected chi connectivity index (χ3v) is 10.9. The fourth-order valence-electron chi connectivity index (χ4n) is 4.50. The maximum absolute atomic E-state index is 12.8. The highest BCUT2D eigenvalue weighted by atomic mass is 35.5. The van der Waals surface area contributed by atoms with Gasteiger partial charge in [0.1, 0.15) is 17.7 Å². The number of halogens is 7. The van der Waals surface area contributed by atoms with Crippen LogP contribution < -0.4 is 30.9 Å². The van der Waals surface area contributed by atoms with Crippen LogP contribution in [0.1, 0.15) is 36.6 Å². The summed E-state index contributed by atoms with van der Waals surface area (Å²) in [4.78, 5) is 53.8. The van der Waals surface area contributed by atoms with Crippen molar-refractivity contribution in [1.82, 2.24) is 34.0 Å². The largest absolute Gasteiger partial charge is 0.480 e. The molecule has 2 aromatic heterocycles. The number of anilines is 2. The number of carboxylic acid groups (broad SMARTS) is 1. The van der Waals surface area contributed by atoms with Crippen molar-refractivity contribution < 1.29 is 67.7 Å². The Balaban J connectivity index is 0.000000350. The van der Waals surface area contributed by atoms with Gasteiger partial charge in [0.2, 0.25) is 16.0 Å².